The number of nitro groups is 1. The third-order valence-corrected chi connectivity index (χ3v) is 2.47. The highest BCUT2D eigenvalue weighted by Gasteiger charge is 2.22. The van der Waals surface area contributed by atoms with Gasteiger partial charge in [-0.05, 0) is 12.1 Å². The second kappa shape index (κ2) is 6.32. The zero-order chi connectivity index (χ0) is 16.2. The molecule has 0 heterocycles. The molecule has 0 unspecified atom stereocenters. The van der Waals surface area contributed by atoms with Gasteiger partial charge in [0.2, 0.25) is 11.8 Å². The maximum Gasteiger partial charge on any atom is 0.342 e. The van der Waals surface area contributed by atoms with E-state index in [-0.39, 0.29) is 18.8 Å². The van der Waals surface area contributed by atoms with E-state index in [1.165, 1.54) is 6.07 Å². The van der Waals surface area contributed by atoms with Gasteiger partial charge < -0.3 is 21.5 Å². The van der Waals surface area contributed by atoms with Gasteiger partial charge in [-0.3, -0.25) is 19.7 Å². The third kappa shape index (κ3) is 4.16. The van der Waals surface area contributed by atoms with E-state index in [2.05, 4.69) is 0 Å². The number of carbonyl (C=O) groups excluding carboxylic acids is 2. The maximum absolute atomic E-state index is 11.0. The minimum absolute atomic E-state index is 0.107. The SMILES string of the molecule is NC(=O)CN(CC(N)=O)c1ccc([N+](=O)[O-])c(C(=O)O)c1. The van der Waals surface area contributed by atoms with E-state index < -0.39 is 34.0 Å². The number of carboxylic acid groups (broad SMARTS) is 1. The molecule has 0 aliphatic heterocycles. The van der Waals surface area contributed by atoms with Crippen molar-refractivity contribution in [3.63, 3.8) is 0 Å². The van der Waals surface area contributed by atoms with Crippen molar-refractivity contribution in [2.45, 2.75) is 0 Å². The van der Waals surface area contributed by atoms with Crippen molar-refractivity contribution in [1.29, 1.82) is 0 Å². The van der Waals surface area contributed by atoms with Crippen LogP contribution in [0, 0.1) is 10.1 Å². The molecule has 0 aliphatic rings. The van der Waals surface area contributed by atoms with Crippen molar-refractivity contribution < 1.29 is 24.4 Å². The van der Waals surface area contributed by atoms with Crippen molar-refractivity contribution in [1.82, 2.24) is 0 Å². The lowest BCUT2D eigenvalue weighted by atomic mass is 10.1. The lowest BCUT2D eigenvalue weighted by molar-refractivity contribution is -0.385. The van der Waals surface area contributed by atoms with Gasteiger partial charge in [-0.2, -0.15) is 0 Å². The van der Waals surface area contributed by atoms with Gasteiger partial charge in [-0.15, -0.1) is 0 Å². The van der Waals surface area contributed by atoms with Crippen LogP contribution >= 0.6 is 0 Å². The van der Waals surface area contributed by atoms with Crippen molar-refractivity contribution in [3.05, 3.63) is 33.9 Å². The zero-order valence-corrected chi connectivity index (χ0v) is 10.7. The van der Waals surface area contributed by atoms with Gasteiger partial charge in [-0.25, -0.2) is 4.79 Å². The van der Waals surface area contributed by atoms with Crippen LogP contribution in [0.3, 0.4) is 0 Å². The molecular weight excluding hydrogens is 284 g/mol. The standard InChI is InChI=1S/C11H12N4O6/c12-9(16)4-14(5-10(13)17)6-1-2-8(15(20)21)7(3-6)11(18)19/h1-3H,4-5H2,(H2,12,16)(H2,13,17)(H,18,19). The number of carbonyl (C=O) groups is 3. The fourth-order valence-electron chi connectivity index (χ4n) is 1.67. The second-order valence-corrected chi connectivity index (χ2v) is 4.05. The number of amides is 2. The molecule has 0 aliphatic carbocycles. The van der Waals surface area contributed by atoms with E-state index >= 15 is 0 Å². The molecule has 0 fully saturated rings. The highest BCUT2D eigenvalue weighted by atomic mass is 16.6. The molecule has 0 saturated heterocycles. The molecule has 112 valence electrons. The fourth-order valence-corrected chi connectivity index (χ4v) is 1.67. The Morgan fingerprint density at radius 3 is 2.10 bits per heavy atom. The molecule has 2 amide bonds. The van der Waals surface area contributed by atoms with Crippen molar-refractivity contribution in [2.75, 3.05) is 18.0 Å². The maximum atomic E-state index is 11.0. The summed E-state index contributed by atoms with van der Waals surface area (Å²) < 4.78 is 0. The van der Waals surface area contributed by atoms with Gasteiger partial charge in [-0.1, -0.05) is 0 Å². The van der Waals surface area contributed by atoms with Gasteiger partial charge in [0.25, 0.3) is 5.69 Å². The van der Waals surface area contributed by atoms with E-state index in [4.69, 9.17) is 16.6 Å². The molecule has 0 aromatic heterocycles. The van der Waals surface area contributed by atoms with Crippen LogP contribution in [0.4, 0.5) is 11.4 Å². The first-order valence-electron chi connectivity index (χ1n) is 5.55. The minimum atomic E-state index is -1.51. The van der Waals surface area contributed by atoms with Crippen LogP contribution in [0.2, 0.25) is 0 Å². The number of nitrogens with zero attached hydrogens (tertiary/aromatic N) is 2. The van der Waals surface area contributed by atoms with Gasteiger partial charge in [0.05, 0.1) is 18.0 Å². The summed E-state index contributed by atoms with van der Waals surface area (Å²) in [6, 6.07) is 3.15. The Labute approximate surface area is 118 Å². The number of nitro benzene ring substituents is 1. The zero-order valence-electron chi connectivity index (χ0n) is 10.7. The van der Waals surface area contributed by atoms with Crippen LogP contribution in [-0.2, 0) is 9.59 Å². The molecule has 1 rings (SSSR count). The van der Waals surface area contributed by atoms with E-state index in [0.717, 1.165) is 17.0 Å². The molecule has 5 N–H and O–H groups in total. The molecule has 0 spiro atoms. The third-order valence-electron chi connectivity index (χ3n) is 2.47. The van der Waals surface area contributed by atoms with Crippen LogP contribution < -0.4 is 16.4 Å². The van der Waals surface area contributed by atoms with E-state index in [9.17, 15) is 24.5 Å². The summed E-state index contributed by atoms with van der Waals surface area (Å²) in [6.07, 6.45) is 0. The average molecular weight is 296 g/mol. The van der Waals surface area contributed by atoms with Gasteiger partial charge >= 0.3 is 5.97 Å². The number of anilines is 1. The number of hydrogen-bond donors (Lipinski definition) is 3. The predicted octanol–water partition coefficient (Wildman–Crippen LogP) is -0.930. The van der Waals surface area contributed by atoms with Crippen molar-refractivity contribution in [2.24, 2.45) is 11.5 Å². The molecule has 10 nitrogen and oxygen atoms in total. The summed E-state index contributed by atoms with van der Waals surface area (Å²) in [6.45, 7) is -0.778. The van der Waals surface area contributed by atoms with Crippen LogP contribution in [0.15, 0.2) is 18.2 Å². The Morgan fingerprint density at radius 1 is 1.19 bits per heavy atom. The molecule has 1 aromatic rings. The fraction of sp³-hybridized carbons (Fsp3) is 0.182. The van der Waals surface area contributed by atoms with Gasteiger partial charge in [0.1, 0.15) is 5.56 Å². The monoisotopic (exact) mass is 296 g/mol. The first kappa shape index (κ1) is 15.9. The second-order valence-electron chi connectivity index (χ2n) is 4.05. The summed E-state index contributed by atoms with van der Waals surface area (Å²) >= 11 is 0. The molecule has 1 aromatic carbocycles. The highest BCUT2D eigenvalue weighted by molar-refractivity contribution is 5.94. The van der Waals surface area contributed by atoms with Crippen LogP contribution in [0.1, 0.15) is 10.4 Å². The van der Waals surface area contributed by atoms with E-state index in [0.29, 0.717) is 0 Å². The Balaban J connectivity index is 3.29. The first-order chi connectivity index (χ1) is 9.72. The largest absolute Gasteiger partial charge is 0.477 e. The smallest absolute Gasteiger partial charge is 0.342 e. The van der Waals surface area contributed by atoms with Crippen LogP contribution in [0.5, 0.6) is 0 Å². The van der Waals surface area contributed by atoms with Gasteiger partial charge in [0, 0.05) is 11.8 Å². The Morgan fingerprint density at radius 2 is 1.71 bits per heavy atom. The minimum Gasteiger partial charge on any atom is -0.477 e. The predicted molar refractivity (Wildman–Crippen MR) is 70.7 cm³/mol. The average Bonchev–Trinajstić information content (AvgIpc) is 2.35. The highest BCUT2D eigenvalue weighted by Crippen LogP contribution is 2.25. The number of carboxylic acids is 1. The molecule has 10 heteroatoms. The number of benzene rings is 1. The van der Waals surface area contributed by atoms with E-state index in [1.807, 2.05) is 0 Å². The normalized spacial score (nSPS) is 9.90. The lowest BCUT2D eigenvalue weighted by Crippen LogP contribution is -2.39. The number of nitrogens with two attached hydrogens (primary N) is 2. The Bertz CT molecular complexity index is 599. The van der Waals surface area contributed by atoms with Crippen molar-refractivity contribution >= 4 is 29.2 Å². The number of primary amides is 2. The lowest BCUT2D eigenvalue weighted by Gasteiger charge is -2.21. The first-order valence-corrected chi connectivity index (χ1v) is 5.55. The molecule has 0 radical (unpaired) electrons. The quantitative estimate of drug-likeness (QED) is 0.431. The Kier molecular flexibility index (Phi) is 4.78. The molecule has 21 heavy (non-hydrogen) atoms. The summed E-state index contributed by atoms with van der Waals surface area (Å²) in [4.78, 5) is 44.0. The van der Waals surface area contributed by atoms with Crippen LogP contribution in [0.25, 0.3) is 0 Å². The molecule has 0 atom stereocenters. The molecule has 0 bridgehead atoms. The number of hydrogen-bond acceptors (Lipinski definition) is 6. The van der Waals surface area contributed by atoms with Crippen LogP contribution in [-0.4, -0.2) is 40.9 Å². The summed E-state index contributed by atoms with van der Waals surface area (Å²) in [5.41, 5.74) is 8.98. The van der Waals surface area contributed by atoms with E-state index in [1.54, 1.807) is 0 Å². The summed E-state index contributed by atoms with van der Waals surface area (Å²) in [7, 11) is 0. The molecule has 0 saturated carbocycles. The van der Waals surface area contributed by atoms with Crippen molar-refractivity contribution in [3.8, 4) is 0 Å². The molecular formula is C11H12N4O6. The summed E-state index contributed by atoms with van der Waals surface area (Å²) in [5, 5.41) is 19.7. The Hall–Kier alpha value is -3.17. The van der Waals surface area contributed by atoms with Gasteiger partial charge in [0.15, 0.2) is 0 Å². The number of rotatable bonds is 7. The topological polar surface area (TPSA) is 170 Å². The number of aromatic carboxylic acids is 1. The summed E-state index contributed by atoms with van der Waals surface area (Å²) in [5.74, 6) is -3.06.